The largest absolute Gasteiger partial charge is 0.495 e. The maximum absolute atomic E-state index is 13.8. The maximum Gasteiger partial charge on any atom is 0.440 e. The zero-order valence-corrected chi connectivity index (χ0v) is 14.5. The Morgan fingerprint density at radius 2 is 1.93 bits per heavy atom. The molecule has 0 radical (unpaired) electrons. The lowest BCUT2D eigenvalue weighted by molar-refractivity contribution is -0.197. The lowest BCUT2D eigenvalue weighted by atomic mass is 10.1. The molecule has 11 heteroatoms. The number of benzene rings is 1. The van der Waals surface area contributed by atoms with Crippen LogP contribution in [0.15, 0.2) is 41.8 Å². The zero-order chi connectivity index (χ0) is 19.8. The number of nitrogens with zero attached hydrogens (tertiary/aromatic N) is 1. The summed E-state index contributed by atoms with van der Waals surface area (Å²) in [5.41, 5.74) is -3.77. The highest BCUT2D eigenvalue weighted by Crippen LogP contribution is 2.38. The lowest BCUT2D eigenvalue weighted by Gasteiger charge is -2.29. The number of urea groups is 1. The summed E-state index contributed by atoms with van der Waals surface area (Å²) in [6, 6.07) is 7.01. The van der Waals surface area contributed by atoms with Crippen LogP contribution in [0.4, 0.5) is 23.7 Å². The second kappa shape index (κ2) is 6.58. The van der Waals surface area contributed by atoms with Crippen molar-refractivity contribution in [2.45, 2.75) is 11.8 Å². The third-order valence-corrected chi connectivity index (χ3v) is 4.69. The molecule has 4 amide bonds. The van der Waals surface area contributed by atoms with Gasteiger partial charge >= 0.3 is 12.2 Å². The van der Waals surface area contributed by atoms with Crippen LogP contribution in [-0.4, -0.2) is 36.8 Å². The number of imide groups is 1. The van der Waals surface area contributed by atoms with Crippen LogP contribution in [0.2, 0.25) is 0 Å². The van der Waals surface area contributed by atoms with Gasteiger partial charge in [0.15, 0.2) is 0 Å². The van der Waals surface area contributed by atoms with E-state index in [1.165, 1.54) is 48.9 Å². The van der Waals surface area contributed by atoms with Crippen molar-refractivity contribution in [1.29, 1.82) is 0 Å². The summed E-state index contributed by atoms with van der Waals surface area (Å²) in [7, 11) is 1.24. The van der Waals surface area contributed by atoms with Gasteiger partial charge in [-0.25, -0.2) is 9.69 Å². The van der Waals surface area contributed by atoms with Gasteiger partial charge in [0.1, 0.15) is 5.75 Å². The maximum atomic E-state index is 13.8. The van der Waals surface area contributed by atoms with Crippen molar-refractivity contribution < 1.29 is 32.3 Å². The van der Waals surface area contributed by atoms with Crippen LogP contribution in [-0.2, 0) is 4.79 Å². The molecule has 0 unspecified atom stereocenters. The number of anilines is 1. The number of alkyl halides is 3. The minimum Gasteiger partial charge on any atom is -0.495 e. The molecule has 0 aliphatic carbocycles. The predicted octanol–water partition coefficient (Wildman–Crippen LogP) is 2.50. The molecule has 1 atom stereocenters. The monoisotopic (exact) mass is 399 g/mol. The normalized spacial score (nSPS) is 19.8. The molecule has 3 rings (SSSR count). The van der Waals surface area contributed by atoms with E-state index in [1.807, 2.05) is 0 Å². The summed E-state index contributed by atoms with van der Waals surface area (Å²) >= 11 is 0.892. The quantitative estimate of drug-likeness (QED) is 0.774. The highest BCUT2D eigenvalue weighted by Gasteiger charge is 2.69. The Kier molecular flexibility index (Phi) is 4.56. The molecule has 0 saturated carbocycles. The first-order chi connectivity index (χ1) is 12.7. The van der Waals surface area contributed by atoms with Crippen LogP contribution in [0.25, 0.3) is 0 Å². The summed E-state index contributed by atoms with van der Waals surface area (Å²) < 4.78 is 46.4. The van der Waals surface area contributed by atoms with Crippen molar-refractivity contribution in [3.8, 4) is 5.75 Å². The third-order valence-electron chi connectivity index (χ3n) is 3.82. The Labute approximate surface area is 154 Å². The number of methoxy groups -OCH3 is 1. The van der Waals surface area contributed by atoms with E-state index in [9.17, 15) is 27.6 Å². The number of ether oxygens (including phenoxy) is 1. The fourth-order valence-corrected chi connectivity index (χ4v) is 3.17. The molecule has 0 spiro atoms. The van der Waals surface area contributed by atoms with E-state index in [0.717, 1.165) is 11.3 Å². The first-order valence-electron chi connectivity index (χ1n) is 7.44. The van der Waals surface area contributed by atoms with E-state index in [-0.39, 0.29) is 16.3 Å². The standard InChI is InChI=1S/C16H12F3N3O4S/c1-26-10-6-3-2-5-9(10)22-13(24)15(16(17,18)19,21-14(22)25)20-12(23)11-7-4-8-27-11/h2-8H,1H3,(H,20,23)(H,21,25)/t15-/m0/s1. The van der Waals surface area contributed by atoms with Crippen LogP contribution in [0, 0.1) is 0 Å². The van der Waals surface area contributed by atoms with Gasteiger partial charge in [-0.1, -0.05) is 18.2 Å². The molecule has 1 aromatic heterocycles. The Hall–Kier alpha value is -3.08. The minimum atomic E-state index is -5.29. The second-order valence-corrected chi connectivity index (χ2v) is 6.37. The summed E-state index contributed by atoms with van der Waals surface area (Å²) in [4.78, 5) is 37.4. The lowest BCUT2D eigenvalue weighted by Crippen LogP contribution is -2.69. The Bertz CT molecular complexity index is 901. The molecule has 1 aliphatic heterocycles. The average Bonchev–Trinajstić information content (AvgIpc) is 3.22. The smallest absolute Gasteiger partial charge is 0.440 e. The van der Waals surface area contributed by atoms with E-state index < -0.39 is 29.7 Å². The number of amides is 4. The molecule has 0 bridgehead atoms. The summed E-state index contributed by atoms with van der Waals surface area (Å²) in [5, 5.41) is 4.71. The van der Waals surface area contributed by atoms with Gasteiger partial charge in [0.25, 0.3) is 17.5 Å². The zero-order valence-electron chi connectivity index (χ0n) is 13.7. The summed E-state index contributed by atoms with van der Waals surface area (Å²) in [6.07, 6.45) is -5.29. The molecule has 1 saturated heterocycles. The van der Waals surface area contributed by atoms with Crippen LogP contribution in [0.5, 0.6) is 5.75 Å². The van der Waals surface area contributed by atoms with Crippen molar-refractivity contribution in [1.82, 2.24) is 10.6 Å². The highest BCUT2D eigenvalue weighted by molar-refractivity contribution is 7.12. The summed E-state index contributed by atoms with van der Waals surface area (Å²) in [5.74, 6) is -2.81. The molecule has 2 heterocycles. The van der Waals surface area contributed by atoms with Gasteiger partial charge in [-0.15, -0.1) is 11.3 Å². The average molecular weight is 399 g/mol. The number of thiophene rings is 1. The van der Waals surface area contributed by atoms with E-state index in [4.69, 9.17) is 4.74 Å². The van der Waals surface area contributed by atoms with E-state index in [1.54, 1.807) is 10.6 Å². The fraction of sp³-hybridized carbons (Fsp3) is 0.188. The SMILES string of the molecule is COc1ccccc1N1C(=O)N[C@](NC(=O)c2cccs2)(C(F)(F)F)C1=O. The molecule has 7 nitrogen and oxygen atoms in total. The number of hydrogen-bond donors (Lipinski definition) is 2. The predicted molar refractivity (Wildman–Crippen MR) is 89.6 cm³/mol. The van der Waals surface area contributed by atoms with Gasteiger partial charge in [-0.2, -0.15) is 13.2 Å². The molecule has 2 N–H and O–H groups in total. The number of rotatable bonds is 4. The molecule has 1 aromatic carbocycles. The third kappa shape index (κ3) is 2.99. The molecule has 27 heavy (non-hydrogen) atoms. The molecule has 1 aliphatic rings. The van der Waals surface area contributed by atoms with Gasteiger partial charge in [0, 0.05) is 0 Å². The van der Waals surface area contributed by atoms with E-state index >= 15 is 0 Å². The second-order valence-electron chi connectivity index (χ2n) is 5.42. The molecule has 142 valence electrons. The van der Waals surface area contributed by atoms with Crippen LogP contribution in [0.1, 0.15) is 9.67 Å². The first-order valence-corrected chi connectivity index (χ1v) is 8.31. The van der Waals surface area contributed by atoms with E-state index in [0.29, 0.717) is 4.90 Å². The van der Waals surface area contributed by atoms with Crippen molar-refractivity contribution in [3.63, 3.8) is 0 Å². The van der Waals surface area contributed by atoms with Crippen LogP contribution < -0.4 is 20.3 Å². The van der Waals surface area contributed by atoms with Gasteiger partial charge in [-0.3, -0.25) is 14.9 Å². The first kappa shape index (κ1) is 18.7. The van der Waals surface area contributed by atoms with Gasteiger partial charge in [0.05, 0.1) is 17.7 Å². The van der Waals surface area contributed by atoms with Gasteiger partial charge in [0.2, 0.25) is 0 Å². The van der Waals surface area contributed by atoms with Crippen molar-refractivity contribution in [3.05, 3.63) is 46.7 Å². The Morgan fingerprint density at radius 3 is 2.52 bits per heavy atom. The Morgan fingerprint density at radius 1 is 1.22 bits per heavy atom. The van der Waals surface area contributed by atoms with Gasteiger partial charge < -0.3 is 10.1 Å². The summed E-state index contributed by atoms with van der Waals surface area (Å²) in [6.45, 7) is 0. The van der Waals surface area contributed by atoms with E-state index in [2.05, 4.69) is 0 Å². The van der Waals surface area contributed by atoms with Crippen LogP contribution in [0.3, 0.4) is 0 Å². The highest BCUT2D eigenvalue weighted by atomic mass is 32.1. The number of nitrogens with one attached hydrogen (secondary N) is 2. The van der Waals surface area contributed by atoms with Crippen LogP contribution >= 0.6 is 11.3 Å². The topological polar surface area (TPSA) is 87.7 Å². The minimum absolute atomic E-state index is 0.0172. The molecular formula is C16H12F3N3O4S. The molecule has 1 fully saturated rings. The van der Waals surface area contributed by atoms with Crippen molar-refractivity contribution >= 4 is 34.9 Å². The van der Waals surface area contributed by atoms with Crippen molar-refractivity contribution in [2.24, 2.45) is 0 Å². The van der Waals surface area contributed by atoms with Gasteiger partial charge in [-0.05, 0) is 23.6 Å². The molecule has 2 aromatic rings. The molecular weight excluding hydrogens is 387 g/mol. The number of halogens is 3. The number of carbonyl (C=O) groups is 3. The number of para-hydroxylation sites is 2. The van der Waals surface area contributed by atoms with Crippen molar-refractivity contribution in [2.75, 3.05) is 12.0 Å². The Balaban J connectivity index is 2.04. The fourth-order valence-electron chi connectivity index (χ4n) is 2.55. The number of hydrogen-bond acceptors (Lipinski definition) is 5. The number of carbonyl (C=O) groups excluding carboxylic acids is 3.